The van der Waals surface area contributed by atoms with Crippen molar-refractivity contribution in [1.29, 1.82) is 0 Å². The fourth-order valence-corrected chi connectivity index (χ4v) is 2.50. The third kappa shape index (κ3) is 2.80. The van der Waals surface area contributed by atoms with Crippen LogP contribution in [-0.4, -0.2) is 5.33 Å². The Balaban J connectivity index is 2.24. The van der Waals surface area contributed by atoms with Crippen molar-refractivity contribution in [2.24, 2.45) is 0 Å². The van der Waals surface area contributed by atoms with Gasteiger partial charge in [0.25, 0.3) is 0 Å². The van der Waals surface area contributed by atoms with E-state index in [0.29, 0.717) is 0 Å². The second-order valence-corrected chi connectivity index (χ2v) is 5.03. The number of alkyl halides is 1. The van der Waals surface area contributed by atoms with Gasteiger partial charge in [-0.15, -0.1) is 11.3 Å². The van der Waals surface area contributed by atoms with Crippen molar-refractivity contribution < 1.29 is 4.39 Å². The van der Waals surface area contributed by atoms with Crippen LogP contribution in [0, 0.1) is 5.82 Å². The predicted molar refractivity (Wildman–Crippen MR) is 72.5 cm³/mol. The smallest absolute Gasteiger partial charge is 0.123 e. The summed E-state index contributed by atoms with van der Waals surface area (Å²) in [6, 6.07) is 10.7. The molecule has 0 fully saturated rings. The topological polar surface area (TPSA) is 0 Å². The summed E-state index contributed by atoms with van der Waals surface area (Å²) in [4.78, 5) is 2.37. The zero-order valence-electron chi connectivity index (χ0n) is 8.49. The number of allylic oxidation sites excluding steroid dienone is 1. The first-order valence-corrected chi connectivity index (χ1v) is 6.81. The van der Waals surface area contributed by atoms with Crippen LogP contribution < -0.4 is 0 Å². The molecular weight excluding hydrogens is 287 g/mol. The van der Waals surface area contributed by atoms with E-state index in [1.165, 1.54) is 17.0 Å². The van der Waals surface area contributed by atoms with Crippen LogP contribution in [0.15, 0.2) is 42.5 Å². The Morgan fingerprint density at radius 2 is 1.88 bits per heavy atom. The molecule has 2 aromatic rings. The fraction of sp³-hybridized carbons (Fsp3) is 0.0769. The molecule has 1 aromatic heterocycles. The van der Waals surface area contributed by atoms with Crippen LogP contribution >= 0.6 is 27.3 Å². The van der Waals surface area contributed by atoms with E-state index in [-0.39, 0.29) is 5.82 Å². The van der Waals surface area contributed by atoms with Gasteiger partial charge >= 0.3 is 0 Å². The highest BCUT2D eigenvalue weighted by Gasteiger charge is 2.01. The normalized spacial score (nSPS) is 11.1. The molecule has 0 unspecified atom stereocenters. The van der Waals surface area contributed by atoms with Crippen LogP contribution in [0.25, 0.3) is 16.5 Å². The maximum atomic E-state index is 12.8. The quantitative estimate of drug-likeness (QED) is 0.702. The molecule has 0 aliphatic heterocycles. The lowest BCUT2D eigenvalue weighted by molar-refractivity contribution is 0.628. The minimum Gasteiger partial charge on any atom is -0.207 e. The lowest BCUT2D eigenvalue weighted by atomic mass is 10.2. The molecule has 16 heavy (non-hydrogen) atoms. The summed E-state index contributed by atoms with van der Waals surface area (Å²) in [7, 11) is 0. The largest absolute Gasteiger partial charge is 0.207 e. The van der Waals surface area contributed by atoms with Gasteiger partial charge in [0.05, 0.1) is 0 Å². The Bertz CT molecular complexity index is 485. The van der Waals surface area contributed by atoms with Crippen LogP contribution in [0.1, 0.15) is 4.88 Å². The minimum atomic E-state index is -0.195. The summed E-state index contributed by atoms with van der Waals surface area (Å²) in [5.74, 6) is -0.195. The highest BCUT2D eigenvalue weighted by molar-refractivity contribution is 9.09. The van der Waals surface area contributed by atoms with Gasteiger partial charge in [-0.05, 0) is 35.9 Å². The van der Waals surface area contributed by atoms with E-state index in [4.69, 9.17) is 0 Å². The van der Waals surface area contributed by atoms with E-state index in [9.17, 15) is 4.39 Å². The summed E-state index contributed by atoms with van der Waals surface area (Å²) in [6.45, 7) is 0. The van der Waals surface area contributed by atoms with Crippen LogP contribution in [0.5, 0.6) is 0 Å². The molecule has 0 bridgehead atoms. The first-order chi connectivity index (χ1) is 7.79. The zero-order valence-corrected chi connectivity index (χ0v) is 10.9. The van der Waals surface area contributed by atoms with Gasteiger partial charge in [-0.2, -0.15) is 0 Å². The van der Waals surface area contributed by atoms with Crippen molar-refractivity contribution in [2.45, 2.75) is 0 Å². The van der Waals surface area contributed by atoms with Gasteiger partial charge in [0.1, 0.15) is 5.82 Å². The van der Waals surface area contributed by atoms with E-state index in [0.717, 1.165) is 15.8 Å². The van der Waals surface area contributed by atoms with Gasteiger partial charge in [-0.3, -0.25) is 0 Å². The molecule has 0 saturated heterocycles. The second kappa shape index (κ2) is 5.41. The number of hydrogen-bond donors (Lipinski definition) is 0. The van der Waals surface area contributed by atoms with Crippen molar-refractivity contribution in [3.8, 4) is 10.4 Å². The Kier molecular flexibility index (Phi) is 3.91. The van der Waals surface area contributed by atoms with Crippen LogP contribution in [0.3, 0.4) is 0 Å². The average molecular weight is 297 g/mol. The molecule has 0 atom stereocenters. The van der Waals surface area contributed by atoms with Gasteiger partial charge in [0.2, 0.25) is 0 Å². The maximum Gasteiger partial charge on any atom is 0.123 e. The predicted octanol–water partition coefficient (Wildman–Crippen LogP) is 4.96. The van der Waals surface area contributed by atoms with Gasteiger partial charge in [-0.1, -0.05) is 34.1 Å². The number of hydrogen-bond acceptors (Lipinski definition) is 1. The molecule has 0 spiro atoms. The first-order valence-electron chi connectivity index (χ1n) is 4.88. The molecule has 0 nitrogen and oxygen atoms in total. The first kappa shape index (κ1) is 11.6. The SMILES string of the molecule is Fc1ccc(-c2ccc(C=CCBr)s2)cc1. The summed E-state index contributed by atoms with van der Waals surface area (Å²) < 4.78 is 12.8. The molecule has 1 heterocycles. The van der Waals surface area contributed by atoms with Crippen molar-refractivity contribution in [1.82, 2.24) is 0 Å². The summed E-state index contributed by atoms with van der Waals surface area (Å²) in [5, 5.41) is 0.858. The standard InChI is InChI=1S/C13H10BrFS/c14-9-1-2-12-7-8-13(16-12)10-3-5-11(15)6-4-10/h1-8H,9H2. The fourth-order valence-electron chi connectivity index (χ4n) is 1.37. The molecule has 0 aliphatic carbocycles. The number of benzene rings is 1. The van der Waals surface area contributed by atoms with E-state index in [1.807, 2.05) is 0 Å². The van der Waals surface area contributed by atoms with Gasteiger partial charge in [0.15, 0.2) is 0 Å². The molecule has 3 heteroatoms. The Labute approximate surface area is 107 Å². The average Bonchev–Trinajstić information content (AvgIpc) is 2.76. The monoisotopic (exact) mass is 296 g/mol. The van der Waals surface area contributed by atoms with Crippen molar-refractivity contribution in [3.05, 3.63) is 53.2 Å². The third-order valence-electron chi connectivity index (χ3n) is 2.13. The molecule has 0 amide bonds. The van der Waals surface area contributed by atoms with Crippen molar-refractivity contribution >= 4 is 33.3 Å². The molecule has 82 valence electrons. The van der Waals surface area contributed by atoms with Crippen molar-refractivity contribution in [2.75, 3.05) is 5.33 Å². The summed E-state index contributed by atoms with van der Waals surface area (Å²) >= 11 is 5.04. The molecular formula is C13H10BrFS. The number of halogens is 2. The lowest BCUT2D eigenvalue weighted by Gasteiger charge is -1.95. The highest BCUT2D eigenvalue weighted by Crippen LogP contribution is 2.28. The van der Waals surface area contributed by atoms with Gasteiger partial charge in [-0.25, -0.2) is 4.39 Å². The Hall–Kier alpha value is -0.930. The summed E-state index contributed by atoms with van der Waals surface area (Å²) in [5.41, 5.74) is 1.06. The lowest BCUT2D eigenvalue weighted by Crippen LogP contribution is -1.73. The molecule has 1 aromatic carbocycles. The molecule has 0 aliphatic rings. The van der Waals surface area contributed by atoms with E-state index < -0.39 is 0 Å². The van der Waals surface area contributed by atoms with Crippen LogP contribution in [-0.2, 0) is 0 Å². The summed E-state index contributed by atoms with van der Waals surface area (Å²) in [6.07, 6.45) is 4.13. The van der Waals surface area contributed by atoms with Crippen LogP contribution in [0.2, 0.25) is 0 Å². The van der Waals surface area contributed by atoms with Crippen LogP contribution in [0.4, 0.5) is 4.39 Å². The highest BCUT2D eigenvalue weighted by atomic mass is 79.9. The van der Waals surface area contributed by atoms with Gasteiger partial charge < -0.3 is 0 Å². The maximum absolute atomic E-state index is 12.8. The van der Waals surface area contributed by atoms with Gasteiger partial charge in [0, 0.05) is 15.1 Å². The van der Waals surface area contributed by atoms with E-state index >= 15 is 0 Å². The van der Waals surface area contributed by atoms with E-state index in [2.05, 4.69) is 40.2 Å². The van der Waals surface area contributed by atoms with Crippen molar-refractivity contribution in [3.63, 3.8) is 0 Å². The van der Waals surface area contributed by atoms with E-state index in [1.54, 1.807) is 23.5 Å². The minimum absolute atomic E-state index is 0.195. The number of rotatable bonds is 3. The third-order valence-corrected chi connectivity index (χ3v) is 3.60. The Morgan fingerprint density at radius 1 is 1.12 bits per heavy atom. The zero-order chi connectivity index (χ0) is 11.4. The molecule has 0 saturated carbocycles. The molecule has 2 rings (SSSR count). The second-order valence-electron chi connectivity index (χ2n) is 3.27. The Morgan fingerprint density at radius 3 is 2.56 bits per heavy atom. The molecule has 0 radical (unpaired) electrons. The number of thiophene rings is 1. The molecule has 0 N–H and O–H groups in total.